The van der Waals surface area contributed by atoms with E-state index >= 15 is 0 Å². The predicted molar refractivity (Wildman–Crippen MR) is 27.1 cm³/mol. The first kappa shape index (κ1) is 325. The van der Waals surface area contributed by atoms with Crippen LogP contribution in [0.3, 0.4) is 0 Å². The summed E-state index contributed by atoms with van der Waals surface area (Å²) in [7, 11) is 0. The third-order valence-corrected chi connectivity index (χ3v) is 0. The van der Waals surface area contributed by atoms with E-state index in [0.717, 1.165) is 0 Å². The van der Waals surface area contributed by atoms with Crippen molar-refractivity contribution in [2.75, 3.05) is 0 Å². The van der Waals surface area contributed by atoms with Crippen LogP contribution in [-0.2, 0) is 0 Å². The second-order valence-electron chi connectivity index (χ2n) is 0. The molecule has 0 aromatic carbocycles. The maximum atomic E-state index is 0. The summed E-state index contributed by atoms with van der Waals surface area (Å²) in [6.07, 6.45) is 0. The SMILES string of the molecule is F.F.F.F.[AlH3].[LiH]. The molecule has 0 fully saturated rings. The van der Waals surface area contributed by atoms with Gasteiger partial charge in [0.25, 0.3) is 0 Å². The molecule has 0 rings (SSSR count). The summed E-state index contributed by atoms with van der Waals surface area (Å²) >= 11 is 0. The van der Waals surface area contributed by atoms with Gasteiger partial charge in [-0.05, 0) is 0 Å². The van der Waals surface area contributed by atoms with Crippen molar-refractivity contribution >= 4 is 36.2 Å². The summed E-state index contributed by atoms with van der Waals surface area (Å²) < 4.78 is 0. The van der Waals surface area contributed by atoms with Crippen LogP contribution >= 0.6 is 0 Å². The van der Waals surface area contributed by atoms with Crippen molar-refractivity contribution in [3.8, 4) is 0 Å². The van der Waals surface area contributed by atoms with Gasteiger partial charge < -0.3 is 0 Å². The van der Waals surface area contributed by atoms with Gasteiger partial charge in [-0.1, -0.05) is 0 Å². The van der Waals surface area contributed by atoms with Gasteiger partial charge in [0.15, 0.2) is 17.4 Å². The van der Waals surface area contributed by atoms with Crippen molar-refractivity contribution in [3.05, 3.63) is 0 Å². The van der Waals surface area contributed by atoms with Gasteiger partial charge in [-0.25, -0.2) is 0 Å². The minimum absolute atomic E-state index is 0. The summed E-state index contributed by atoms with van der Waals surface area (Å²) in [4.78, 5) is 0. The molecule has 6 heavy (non-hydrogen) atoms. The van der Waals surface area contributed by atoms with Gasteiger partial charge >= 0.3 is 18.9 Å². The zero-order valence-corrected chi connectivity index (χ0v) is 1.63. The number of rotatable bonds is 0. The first-order valence-electron chi connectivity index (χ1n) is 0. The molecule has 0 atom stereocenters. The topological polar surface area (TPSA) is 0 Å². The van der Waals surface area contributed by atoms with Crippen LogP contribution in [0.1, 0.15) is 0 Å². The van der Waals surface area contributed by atoms with Crippen LogP contribution in [0.2, 0.25) is 0 Å². The molecule has 0 bridgehead atoms. The molecule has 0 nitrogen and oxygen atoms in total. The maximum absolute atomic E-state index is 0. The molecule has 40 valence electrons. The van der Waals surface area contributed by atoms with Crippen LogP contribution in [0.15, 0.2) is 0 Å². The van der Waals surface area contributed by atoms with Gasteiger partial charge in [-0.3, -0.25) is 18.8 Å². The van der Waals surface area contributed by atoms with Gasteiger partial charge in [0.1, 0.15) is 0 Å². The van der Waals surface area contributed by atoms with E-state index < -0.39 is 0 Å². The molecule has 0 aliphatic rings. The molecule has 0 radical (unpaired) electrons. The molecule has 0 aliphatic carbocycles. The average Bonchev–Trinajstić information content (AvgIpc) is 0. The van der Waals surface area contributed by atoms with E-state index in [1.54, 1.807) is 0 Å². The van der Waals surface area contributed by atoms with Crippen molar-refractivity contribution in [1.82, 2.24) is 0 Å². The molecular formula is H8AlF4Li. The second-order valence-corrected chi connectivity index (χ2v) is 0. The van der Waals surface area contributed by atoms with E-state index in [1.807, 2.05) is 0 Å². The molecule has 0 N–H and O–H groups in total. The fourth-order valence-electron chi connectivity index (χ4n) is 0. The van der Waals surface area contributed by atoms with Crippen LogP contribution in [0.5, 0.6) is 0 Å². The van der Waals surface area contributed by atoms with Gasteiger partial charge in [0.05, 0.1) is 0 Å². The Kier molecular flexibility index (Phi) is 10300. The fourth-order valence-corrected chi connectivity index (χ4v) is 0. The second kappa shape index (κ2) is 191. The summed E-state index contributed by atoms with van der Waals surface area (Å²) in [5.74, 6) is 0. The Morgan fingerprint density at radius 2 is 0.500 bits per heavy atom. The van der Waals surface area contributed by atoms with Crippen LogP contribution in [0.25, 0.3) is 0 Å². The number of hydrogen-bond donors (Lipinski definition) is 0. The minimum atomic E-state index is 0. The Hall–Kier alpha value is 0.850. The third kappa shape index (κ3) is 99.5. The van der Waals surface area contributed by atoms with E-state index in [2.05, 4.69) is 0 Å². The molecule has 0 heterocycles. The molecule has 0 amide bonds. The van der Waals surface area contributed by atoms with E-state index in [0.29, 0.717) is 0 Å². The monoisotopic (exact) mass is 118 g/mol. The Labute approximate surface area is 55.5 Å². The first-order valence-corrected chi connectivity index (χ1v) is 0. The average molecular weight is 118 g/mol. The van der Waals surface area contributed by atoms with Crippen LogP contribution in [-0.4, -0.2) is 36.2 Å². The number of hydrogen-bond acceptors (Lipinski definition) is 0. The van der Waals surface area contributed by atoms with Gasteiger partial charge in [0.2, 0.25) is 0 Å². The summed E-state index contributed by atoms with van der Waals surface area (Å²) in [6, 6.07) is 0. The summed E-state index contributed by atoms with van der Waals surface area (Å²) in [5, 5.41) is 0. The normalized spacial score (nSPS) is 0. The zero-order valence-electron chi connectivity index (χ0n) is 1.63. The van der Waals surface area contributed by atoms with Crippen LogP contribution < -0.4 is 0 Å². The van der Waals surface area contributed by atoms with Gasteiger partial charge in [-0.2, -0.15) is 0 Å². The van der Waals surface area contributed by atoms with E-state index in [-0.39, 0.29) is 55.0 Å². The molecule has 0 saturated heterocycles. The Morgan fingerprint density at radius 1 is 0.500 bits per heavy atom. The van der Waals surface area contributed by atoms with Crippen LogP contribution in [0, 0.1) is 0 Å². The number of halogens is 4. The van der Waals surface area contributed by atoms with Crippen molar-refractivity contribution in [2.45, 2.75) is 0 Å². The fraction of sp³-hybridized carbons (Fsp3) is 0. The Bertz CT molecular complexity index is 7.51. The van der Waals surface area contributed by atoms with Crippen LogP contribution in [0.4, 0.5) is 18.8 Å². The van der Waals surface area contributed by atoms with E-state index in [4.69, 9.17) is 0 Å². The van der Waals surface area contributed by atoms with Gasteiger partial charge in [0, 0.05) is 0 Å². The van der Waals surface area contributed by atoms with E-state index in [1.165, 1.54) is 0 Å². The zero-order chi connectivity index (χ0) is 0. The standard InChI is InChI=1S/Al.4FH.Li.4H/h;4*1H;;;;;. The third-order valence-electron chi connectivity index (χ3n) is 0. The quantitative estimate of drug-likeness (QED) is 0.276. The molecule has 0 aromatic heterocycles. The van der Waals surface area contributed by atoms with E-state index in [9.17, 15) is 0 Å². The Morgan fingerprint density at radius 3 is 0.500 bits per heavy atom. The predicted octanol–water partition coefficient (Wildman–Crippen LogP) is -1.22. The Balaban J connectivity index is 0. The summed E-state index contributed by atoms with van der Waals surface area (Å²) in [6.45, 7) is 0. The van der Waals surface area contributed by atoms with Crippen molar-refractivity contribution in [1.29, 1.82) is 0 Å². The molecule has 0 aliphatic heterocycles. The van der Waals surface area contributed by atoms with Crippen molar-refractivity contribution in [3.63, 3.8) is 0 Å². The first-order chi connectivity index (χ1) is 0. The molecule has 0 saturated carbocycles. The molecule has 0 unspecified atom stereocenters. The van der Waals surface area contributed by atoms with Crippen molar-refractivity contribution < 1.29 is 18.8 Å². The molecule has 0 spiro atoms. The molecule has 6 heteroatoms. The summed E-state index contributed by atoms with van der Waals surface area (Å²) in [5.41, 5.74) is 0. The van der Waals surface area contributed by atoms with Crippen molar-refractivity contribution in [2.24, 2.45) is 0 Å². The molecule has 0 aromatic rings. The molecular weight excluding hydrogens is 110 g/mol. The van der Waals surface area contributed by atoms with Gasteiger partial charge in [-0.15, -0.1) is 0 Å².